The standard InChI is InChI=1S/C12H21N3O2S/c1-3-6-10(4-2)15-18(16,17)12-7-5-8-14-11(12)9-13/h5,7-8,10,15H,3-4,6,9,13H2,1-2H3. The molecule has 0 aliphatic heterocycles. The van der Waals surface area contributed by atoms with Crippen LogP contribution in [0.1, 0.15) is 38.8 Å². The Morgan fingerprint density at radius 3 is 2.72 bits per heavy atom. The molecule has 0 aliphatic rings. The van der Waals surface area contributed by atoms with Crippen LogP contribution in [-0.4, -0.2) is 19.4 Å². The minimum Gasteiger partial charge on any atom is -0.325 e. The maximum atomic E-state index is 12.2. The van der Waals surface area contributed by atoms with E-state index in [4.69, 9.17) is 5.73 Å². The third kappa shape index (κ3) is 3.76. The summed E-state index contributed by atoms with van der Waals surface area (Å²) in [6.45, 7) is 4.12. The minimum absolute atomic E-state index is 0.0363. The number of hydrogen-bond acceptors (Lipinski definition) is 4. The van der Waals surface area contributed by atoms with Crippen LogP contribution in [0.3, 0.4) is 0 Å². The molecule has 0 saturated carbocycles. The average molecular weight is 271 g/mol. The maximum absolute atomic E-state index is 12.2. The van der Waals surface area contributed by atoms with Gasteiger partial charge in [-0.2, -0.15) is 0 Å². The summed E-state index contributed by atoms with van der Waals surface area (Å²) in [5.74, 6) is 0. The zero-order valence-electron chi connectivity index (χ0n) is 10.9. The highest BCUT2D eigenvalue weighted by Crippen LogP contribution is 2.14. The molecular formula is C12H21N3O2S. The Bertz CT molecular complexity index is 474. The van der Waals surface area contributed by atoms with Gasteiger partial charge in [-0.05, 0) is 25.0 Å². The second-order valence-electron chi connectivity index (χ2n) is 4.17. The van der Waals surface area contributed by atoms with Crippen molar-refractivity contribution in [2.75, 3.05) is 0 Å². The van der Waals surface area contributed by atoms with Gasteiger partial charge >= 0.3 is 0 Å². The largest absolute Gasteiger partial charge is 0.325 e. The normalized spacial score (nSPS) is 13.5. The molecular weight excluding hydrogens is 250 g/mol. The van der Waals surface area contributed by atoms with Crippen LogP contribution in [-0.2, 0) is 16.6 Å². The zero-order valence-corrected chi connectivity index (χ0v) is 11.7. The monoisotopic (exact) mass is 271 g/mol. The van der Waals surface area contributed by atoms with E-state index in [9.17, 15) is 8.42 Å². The molecule has 1 rings (SSSR count). The molecule has 0 radical (unpaired) electrons. The second-order valence-corrected chi connectivity index (χ2v) is 5.85. The Morgan fingerprint density at radius 2 is 2.17 bits per heavy atom. The molecule has 1 aromatic heterocycles. The number of hydrogen-bond donors (Lipinski definition) is 2. The van der Waals surface area contributed by atoms with E-state index in [-0.39, 0.29) is 17.5 Å². The van der Waals surface area contributed by atoms with E-state index in [1.54, 1.807) is 12.3 Å². The van der Waals surface area contributed by atoms with E-state index in [2.05, 4.69) is 9.71 Å². The molecule has 18 heavy (non-hydrogen) atoms. The van der Waals surface area contributed by atoms with Gasteiger partial charge < -0.3 is 5.73 Å². The fraction of sp³-hybridized carbons (Fsp3) is 0.583. The van der Waals surface area contributed by atoms with Crippen molar-refractivity contribution in [3.8, 4) is 0 Å². The molecule has 1 aromatic rings. The molecule has 0 amide bonds. The van der Waals surface area contributed by atoms with E-state index in [1.807, 2.05) is 13.8 Å². The number of rotatable bonds is 7. The van der Waals surface area contributed by atoms with Crippen molar-refractivity contribution >= 4 is 10.0 Å². The fourth-order valence-corrected chi connectivity index (χ4v) is 3.35. The van der Waals surface area contributed by atoms with Crippen LogP contribution in [0.25, 0.3) is 0 Å². The summed E-state index contributed by atoms with van der Waals surface area (Å²) in [5.41, 5.74) is 5.91. The first kappa shape index (κ1) is 15.1. The summed E-state index contributed by atoms with van der Waals surface area (Å²) < 4.78 is 27.2. The molecule has 1 unspecified atom stereocenters. The molecule has 0 fully saturated rings. The SMILES string of the molecule is CCCC(CC)NS(=O)(=O)c1cccnc1CN. The molecule has 1 atom stereocenters. The van der Waals surface area contributed by atoms with E-state index >= 15 is 0 Å². The van der Waals surface area contributed by atoms with Crippen molar-refractivity contribution in [1.82, 2.24) is 9.71 Å². The Labute approximate surface area is 109 Å². The molecule has 3 N–H and O–H groups in total. The van der Waals surface area contributed by atoms with Gasteiger partial charge in [0, 0.05) is 18.8 Å². The highest BCUT2D eigenvalue weighted by atomic mass is 32.2. The van der Waals surface area contributed by atoms with Crippen molar-refractivity contribution in [3.05, 3.63) is 24.0 Å². The number of aromatic nitrogens is 1. The van der Waals surface area contributed by atoms with Crippen molar-refractivity contribution in [1.29, 1.82) is 0 Å². The van der Waals surface area contributed by atoms with Gasteiger partial charge in [-0.15, -0.1) is 0 Å². The lowest BCUT2D eigenvalue weighted by molar-refractivity contribution is 0.511. The summed E-state index contributed by atoms with van der Waals surface area (Å²) >= 11 is 0. The summed E-state index contributed by atoms with van der Waals surface area (Å²) in [6.07, 6.45) is 4.08. The predicted octanol–water partition coefficient (Wildman–Crippen LogP) is 1.40. The molecule has 1 heterocycles. The third-order valence-electron chi connectivity index (χ3n) is 2.78. The number of pyridine rings is 1. The van der Waals surface area contributed by atoms with Crippen molar-refractivity contribution in [3.63, 3.8) is 0 Å². The predicted molar refractivity (Wildman–Crippen MR) is 71.4 cm³/mol. The van der Waals surface area contributed by atoms with Gasteiger partial charge in [0.2, 0.25) is 10.0 Å². The maximum Gasteiger partial charge on any atom is 0.242 e. The molecule has 0 aliphatic carbocycles. The Balaban J connectivity index is 2.98. The topological polar surface area (TPSA) is 85.1 Å². The van der Waals surface area contributed by atoms with Crippen LogP contribution in [0.2, 0.25) is 0 Å². The average Bonchev–Trinajstić information content (AvgIpc) is 2.38. The summed E-state index contributed by atoms with van der Waals surface area (Å²) in [7, 11) is -3.53. The molecule has 6 heteroatoms. The van der Waals surface area contributed by atoms with Crippen LogP contribution < -0.4 is 10.5 Å². The first-order chi connectivity index (χ1) is 8.55. The molecule has 0 aromatic carbocycles. The van der Waals surface area contributed by atoms with Crippen molar-refractivity contribution in [2.45, 2.75) is 50.6 Å². The molecule has 0 spiro atoms. The second kappa shape index (κ2) is 6.82. The Hall–Kier alpha value is -0.980. The zero-order chi connectivity index (χ0) is 13.6. The first-order valence-corrected chi connectivity index (χ1v) is 7.69. The van der Waals surface area contributed by atoms with Crippen LogP contribution in [0.5, 0.6) is 0 Å². The smallest absolute Gasteiger partial charge is 0.242 e. The lowest BCUT2D eigenvalue weighted by Gasteiger charge is -2.17. The summed E-state index contributed by atoms with van der Waals surface area (Å²) in [4.78, 5) is 4.18. The quantitative estimate of drug-likeness (QED) is 0.785. The number of sulfonamides is 1. The van der Waals surface area contributed by atoms with Gasteiger partial charge in [0.1, 0.15) is 4.90 Å². The van der Waals surface area contributed by atoms with Crippen LogP contribution in [0.4, 0.5) is 0 Å². The molecule has 0 saturated heterocycles. The van der Waals surface area contributed by atoms with E-state index in [0.717, 1.165) is 19.3 Å². The van der Waals surface area contributed by atoms with Crippen molar-refractivity contribution < 1.29 is 8.42 Å². The molecule has 102 valence electrons. The van der Waals surface area contributed by atoms with E-state index in [1.165, 1.54) is 6.07 Å². The van der Waals surface area contributed by atoms with Crippen LogP contribution >= 0.6 is 0 Å². The summed E-state index contributed by atoms with van der Waals surface area (Å²) in [6, 6.07) is 3.11. The fourth-order valence-electron chi connectivity index (χ4n) is 1.80. The number of nitrogens with zero attached hydrogens (tertiary/aromatic N) is 1. The minimum atomic E-state index is -3.53. The van der Waals surface area contributed by atoms with Gasteiger partial charge in [-0.25, -0.2) is 13.1 Å². The van der Waals surface area contributed by atoms with Gasteiger partial charge in [0.05, 0.1) is 5.69 Å². The summed E-state index contributed by atoms with van der Waals surface area (Å²) in [5, 5.41) is 0. The van der Waals surface area contributed by atoms with Crippen LogP contribution in [0.15, 0.2) is 23.2 Å². The highest BCUT2D eigenvalue weighted by Gasteiger charge is 2.21. The number of nitrogens with one attached hydrogen (secondary N) is 1. The molecule has 5 nitrogen and oxygen atoms in total. The van der Waals surface area contributed by atoms with Gasteiger partial charge in [0.15, 0.2) is 0 Å². The van der Waals surface area contributed by atoms with Gasteiger partial charge in [-0.3, -0.25) is 4.98 Å². The van der Waals surface area contributed by atoms with Gasteiger partial charge in [-0.1, -0.05) is 20.3 Å². The van der Waals surface area contributed by atoms with E-state index in [0.29, 0.717) is 5.69 Å². The highest BCUT2D eigenvalue weighted by molar-refractivity contribution is 7.89. The first-order valence-electron chi connectivity index (χ1n) is 6.21. The Kier molecular flexibility index (Phi) is 5.71. The lowest BCUT2D eigenvalue weighted by atomic mass is 10.1. The lowest BCUT2D eigenvalue weighted by Crippen LogP contribution is -2.35. The molecule has 0 bridgehead atoms. The Morgan fingerprint density at radius 1 is 1.44 bits per heavy atom. The third-order valence-corrected chi connectivity index (χ3v) is 4.38. The van der Waals surface area contributed by atoms with E-state index < -0.39 is 10.0 Å². The van der Waals surface area contributed by atoms with Gasteiger partial charge in [0.25, 0.3) is 0 Å². The van der Waals surface area contributed by atoms with Crippen molar-refractivity contribution in [2.24, 2.45) is 5.73 Å². The number of nitrogens with two attached hydrogens (primary N) is 1. The van der Waals surface area contributed by atoms with Crippen LogP contribution in [0, 0.1) is 0 Å².